The van der Waals surface area contributed by atoms with E-state index in [0.29, 0.717) is 0 Å². The van der Waals surface area contributed by atoms with Gasteiger partial charge in [0.2, 0.25) is 0 Å². The number of pyridine rings is 1. The molecule has 0 amide bonds. The van der Waals surface area contributed by atoms with E-state index in [1.807, 2.05) is 0 Å². The standard InChI is InChI=1S/C48H29N/c1-2-17-33-30(13-1)14-12-22-34(33)31-15-11-16-32(27-31)47-41-29-45-40(28-39(41)38-21-6-10-26-46(38)49-47)37-20-5-9-25-44(37)48(45)42-23-7-3-18-35(42)36-19-4-8-24-43(36)48/h1-29H. The normalized spacial score (nSPS) is 13.5. The van der Waals surface area contributed by atoms with Crippen LogP contribution in [-0.2, 0) is 5.41 Å². The highest BCUT2D eigenvalue weighted by Crippen LogP contribution is 2.63. The third kappa shape index (κ3) is 3.51. The van der Waals surface area contributed by atoms with Gasteiger partial charge in [-0.25, -0.2) is 4.98 Å². The lowest BCUT2D eigenvalue weighted by Gasteiger charge is -2.30. The molecule has 49 heavy (non-hydrogen) atoms. The highest BCUT2D eigenvalue weighted by Gasteiger charge is 2.51. The van der Waals surface area contributed by atoms with Gasteiger partial charge in [-0.1, -0.05) is 152 Å². The Labute approximate surface area is 284 Å². The Morgan fingerprint density at radius 2 is 0.878 bits per heavy atom. The Bertz CT molecular complexity index is 2790. The van der Waals surface area contributed by atoms with Gasteiger partial charge in [0.25, 0.3) is 0 Å². The smallest absolute Gasteiger partial charge is 0.0788 e. The van der Waals surface area contributed by atoms with Crippen molar-refractivity contribution >= 4 is 32.4 Å². The summed E-state index contributed by atoms with van der Waals surface area (Å²) in [6.45, 7) is 0. The van der Waals surface area contributed by atoms with Crippen LogP contribution in [0.2, 0.25) is 0 Å². The van der Waals surface area contributed by atoms with Gasteiger partial charge in [-0.15, -0.1) is 0 Å². The van der Waals surface area contributed by atoms with E-state index in [-0.39, 0.29) is 0 Å². The zero-order valence-corrected chi connectivity index (χ0v) is 26.7. The van der Waals surface area contributed by atoms with Gasteiger partial charge in [0.15, 0.2) is 0 Å². The maximum atomic E-state index is 5.45. The maximum absolute atomic E-state index is 5.45. The van der Waals surface area contributed by atoms with Crippen molar-refractivity contribution < 1.29 is 0 Å². The molecule has 0 saturated carbocycles. The molecule has 0 aliphatic heterocycles. The molecular formula is C48H29N. The summed E-state index contributed by atoms with van der Waals surface area (Å²) in [5.74, 6) is 0. The minimum absolute atomic E-state index is 0.402. The highest BCUT2D eigenvalue weighted by molar-refractivity contribution is 6.14. The van der Waals surface area contributed by atoms with Crippen LogP contribution in [0.5, 0.6) is 0 Å². The van der Waals surface area contributed by atoms with Crippen LogP contribution >= 0.6 is 0 Å². The average Bonchev–Trinajstić information content (AvgIpc) is 3.64. The van der Waals surface area contributed by atoms with Crippen LogP contribution < -0.4 is 0 Å². The van der Waals surface area contributed by atoms with Crippen LogP contribution in [-0.4, -0.2) is 4.98 Å². The molecule has 2 aliphatic rings. The van der Waals surface area contributed by atoms with E-state index in [0.717, 1.165) is 16.8 Å². The molecule has 0 radical (unpaired) electrons. The number of benzene rings is 8. The van der Waals surface area contributed by atoms with Crippen LogP contribution in [0.4, 0.5) is 0 Å². The number of fused-ring (bicyclic) bond motifs is 14. The topological polar surface area (TPSA) is 12.9 Å². The predicted octanol–water partition coefficient (Wildman–Crippen LogP) is 12.2. The molecule has 0 fully saturated rings. The van der Waals surface area contributed by atoms with Crippen LogP contribution in [0.25, 0.3) is 77.1 Å². The second kappa shape index (κ2) is 9.86. The van der Waals surface area contributed by atoms with Crippen molar-refractivity contribution in [1.29, 1.82) is 0 Å². The summed E-state index contributed by atoms with van der Waals surface area (Å²) < 4.78 is 0. The molecule has 1 spiro atoms. The molecule has 0 N–H and O–H groups in total. The first-order chi connectivity index (χ1) is 24.3. The summed E-state index contributed by atoms with van der Waals surface area (Å²) in [6, 6.07) is 64.9. The lowest BCUT2D eigenvalue weighted by Crippen LogP contribution is -2.25. The number of hydrogen-bond acceptors (Lipinski definition) is 1. The van der Waals surface area contributed by atoms with Crippen molar-refractivity contribution in [3.8, 4) is 44.6 Å². The highest BCUT2D eigenvalue weighted by atomic mass is 14.7. The minimum Gasteiger partial charge on any atom is -0.247 e. The first kappa shape index (κ1) is 26.7. The molecule has 0 unspecified atom stereocenters. The number of hydrogen-bond donors (Lipinski definition) is 0. The Morgan fingerprint density at radius 1 is 0.327 bits per heavy atom. The molecule has 1 heterocycles. The molecule has 8 aromatic carbocycles. The largest absolute Gasteiger partial charge is 0.247 e. The van der Waals surface area contributed by atoms with Crippen LogP contribution in [0, 0.1) is 0 Å². The Hall–Kier alpha value is -6.31. The fourth-order valence-electron chi connectivity index (χ4n) is 9.07. The zero-order valence-electron chi connectivity index (χ0n) is 26.7. The van der Waals surface area contributed by atoms with E-state index in [1.54, 1.807) is 0 Å². The van der Waals surface area contributed by atoms with Crippen LogP contribution in [0.1, 0.15) is 22.3 Å². The zero-order chi connectivity index (χ0) is 32.1. The second-order valence-corrected chi connectivity index (χ2v) is 13.4. The van der Waals surface area contributed by atoms with Gasteiger partial charge >= 0.3 is 0 Å². The fraction of sp³-hybridized carbons (Fsp3) is 0.0208. The first-order valence-electron chi connectivity index (χ1n) is 17.1. The molecule has 11 rings (SSSR count). The lowest BCUT2D eigenvalue weighted by atomic mass is 9.70. The summed E-state index contributed by atoms with van der Waals surface area (Å²) in [6.07, 6.45) is 0. The lowest BCUT2D eigenvalue weighted by molar-refractivity contribution is 0.795. The molecule has 226 valence electrons. The van der Waals surface area contributed by atoms with Crippen LogP contribution in [0.15, 0.2) is 176 Å². The predicted molar refractivity (Wildman–Crippen MR) is 204 cm³/mol. The molecule has 9 aromatic rings. The number of para-hydroxylation sites is 1. The summed E-state index contributed by atoms with van der Waals surface area (Å²) >= 11 is 0. The molecule has 1 aromatic heterocycles. The third-order valence-electron chi connectivity index (χ3n) is 11.1. The van der Waals surface area contributed by atoms with E-state index < -0.39 is 5.41 Å². The van der Waals surface area contributed by atoms with Crippen molar-refractivity contribution in [3.63, 3.8) is 0 Å². The summed E-state index contributed by atoms with van der Waals surface area (Å²) in [4.78, 5) is 5.45. The molecular weight excluding hydrogens is 591 g/mol. The molecule has 0 bridgehead atoms. The van der Waals surface area contributed by atoms with Gasteiger partial charge in [-0.05, 0) is 96.1 Å². The van der Waals surface area contributed by atoms with Crippen molar-refractivity contribution in [3.05, 3.63) is 198 Å². The summed E-state index contributed by atoms with van der Waals surface area (Å²) in [5, 5.41) is 6.11. The summed E-state index contributed by atoms with van der Waals surface area (Å²) in [7, 11) is 0. The van der Waals surface area contributed by atoms with E-state index in [4.69, 9.17) is 4.98 Å². The Balaban J connectivity index is 1.25. The fourth-order valence-corrected chi connectivity index (χ4v) is 9.07. The van der Waals surface area contributed by atoms with Gasteiger partial charge in [-0.2, -0.15) is 0 Å². The number of nitrogens with zero attached hydrogens (tertiary/aromatic N) is 1. The van der Waals surface area contributed by atoms with Gasteiger partial charge < -0.3 is 0 Å². The van der Waals surface area contributed by atoms with Crippen LogP contribution in [0.3, 0.4) is 0 Å². The molecule has 1 nitrogen and oxygen atoms in total. The number of aromatic nitrogens is 1. The maximum Gasteiger partial charge on any atom is 0.0788 e. The third-order valence-corrected chi connectivity index (χ3v) is 11.1. The average molecular weight is 620 g/mol. The SMILES string of the molecule is c1cc(-c2cccc3ccccc23)cc(-c2nc3ccccc3c3cc4c(cc23)C2(c3ccccc3-c3ccccc32)c2ccccc2-4)c1. The quantitative estimate of drug-likeness (QED) is 0.175. The van der Waals surface area contributed by atoms with Gasteiger partial charge in [0.05, 0.1) is 16.6 Å². The Morgan fingerprint density at radius 3 is 1.63 bits per heavy atom. The number of rotatable bonds is 2. The van der Waals surface area contributed by atoms with E-state index >= 15 is 0 Å². The van der Waals surface area contributed by atoms with Crippen molar-refractivity contribution in [2.45, 2.75) is 5.41 Å². The minimum atomic E-state index is -0.402. The van der Waals surface area contributed by atoms with Gasteiger partial charge in [-0.3, -0.25) is 0 Å². The van der Waals surface area contributed by atoms with E-state index in [2.05, 4.69) is 176 Å². The first-order valence-corrected chi connectivity index (χ1v) is 17.1. The van der Waals surface area contributed by atoms with E-state index in [1.165, 1.54) is 82.6 Å². The second-order valence-electron chi connectivity index (χ2n) is 13.4. The molecule has 0 atom stereocenters. The van der Waals surface area contributed by atoms with Crippen molar-refractivity contribution in [2.24, 2.45) is 0 Å². The molecule has 1 heteroatoms. The van der Waals surface area contributed by atoms with Gasteiger partial charge in [0, 0.05) is 16.3 Å². The monoisotopic (exact) mass is 619 g/mol. The Kier molecular flexibility index (Phi) is 5.38. The molecule has 2 aliphatic carbocycles. The van der Waals surface area contributed by atoms with Crippen molar-refractivity contribution in [2.75, 3.05) is 0 Å². The molecule has 0 saturated heterocycles. The summed E-state index contributed by atoms with van der Waals surface area (Å²) in [5.41, 5.74) is 15.8. The van der Waals surface area contributed by atoms with Crippen molar-refractivity contribution in [1.82, 2.24) is 4.98 Å². The van der Waals surface area contributed by atoms with Gasteiger partial charge in [0.1, 0.15) is 0 Å². The van der Waals surface area contributed by atoms with E-state index in [9.17, 15) is 0 Å².